The van der Waals surface area contributed by atoms with Crippen LogP contribution in [0.4, 0.5) is 13.2 Å². The lowest BCUT2D eigenvalue weighted by Crippen LogP contribution is -2.47. The summed E-state index contributed by atoms with van der Waals surface area (Å²) in [5, 5.41) is 5.28. The SMILES string of the molecule is CCCNC(=O)[C@H](C)NC(=O)CN(C)Cc1ccc(C(F)(F)F)cc1. The summed E-state index contributed by atoms with van der Waals surface area (Å²) in [4.78, 5) is 25.3. The van der Waals surface area contributed by atoms with Crippen molar-refractivity contribution in [3.63, 3.8) is 0 Å². The van der Waals surface area contributed by atoms with Gasteiger partial charge in [-0.2, -0.15) is 13.2 Å². The first-order valence-electron chi connectivity index (χ1n) is 8.05. The molecule has 0 saturated carbocycles. The maximum atomic E-state index is 12.5. The number of alkyl halides is 3. The van der Waals surface area contributed by atoms with Crippen LogP contribution < -0.4 is 10.6 Å². The van der Waals surface area contributed by atoms with Gasteiger partial charge in [0.1, 0.15) is 6.04 Å². The Labute approximate surface area is 145 Å². The summed E-state index contributed by atoms with van der Waals surface area (Å²) in [5.74, 6) is -0.575. The molecule has 0 aliphatic heterocycles. The average molecular weight is 359 g/mol. The molecule has 1 rings (SSSR count). The summed E-state index contributed by atoms with van der Waals surface area (Å²) in [6.07, 6.45) is -3.55. The first-order valence-corrected chi connectivity index (χ1v) is 8.05. The molecule has 2 amide bonds. The van der Waals surface area contributed by atoms with Crippen LogP contribution in [-0.4, -0.2) is 42.9 Å². The van der Waals surface area contributed by atoms with E-state index in [2.05, 4.69) is 10.6 Å². The Bertz CT molecular complexity index is 573. The Hall–Kier alpha value is -2.09. The molecule has 0 radical (unpaired) electrons. The first kappa shape index (κ1) is 21.0. The highest BCUT2D eigenvalue weighted by Gasteiger charge is 2.29. The summed E-state index contributed by atoms with van der Waals surface area (Å²) >= 11 is 0. The van der Waals surface area contributed by atoms with E-state index in [1.54, 1.807) is 18.9 Å². The minimum atomic E-state index is -4.36. The Balaban J connectivity index is 2.46. The molecule has 0 saturated heterocycles. The van der Waals surface area contributed by atoms with Gasteiger partial charge in [-0.25, -0.2) is 0 Å². The first-order chi connectivity index (χ1) is 11.6. The molecule has 2 N–H and O–H groups in total. The molecule has 5 nitrogen and oxygen atoms in total. The van der Waals surface area contributed by atoms with Crippen LogP contribution in [0.2, 0.25) is 0 Å². The maximum Gasteiger partial charge on any atom is 0.416 e. The number of carbonyl (C=O) groups excluding carboxylic acids is 2. The molecule has 0 bridgehead atoms. The lowest BCUT2D eigenvalue weighted by molar-refractivity contribution is -0.137. The Morgan fingerprint density at radius 2 is 1.80 bits per heavy atom. The molecule has 1 atom stereocenters. The van der Waals surface area contributed by atoms with Gasteiger partial charge in [0.05, 0.1) is 12.1 Å². The molecule has 140 valence electrons. The van der Waals surface area contributed by atoms with Crippen molar-refractivity contribution in [3.8, 4) is 0 Å². The molecular formula is C17H24F3N3O2. The van der Waals surface area contributed by atoms with E-state index in [9.17, 15) is 22.8 Å². The molecule has 1 aromatic rings. The van der Waals surface area contributed by atoms with Crippen LogP contribution in [-0.2, 0) is 22.3 Å². The van der Waals surface area contributed by atoms with Crippen LogP contribution in [0.3, 0.4) is 0 Å². The lowest BCUT2D eigenvalue weighted by Gasteiger charge is -2.19. The smallest absolute Gasteiger partial charge is 0.354 e. The average Bonchev–Trinajstić information content (AvgIpc) is 2.51. The van der Waals surface area contributed by atoms with Gasteiger partial charge in [0.2, 0.25) is 11.8 Å². The quantitative estimate of drug-likeness (QED) is 0.748. The van der Waals surface area contributed by atoms with E-state index in [0.29, 0.717) is 18.7 Å². The predicted molar refractivity (Wildman–Crippen MR) is 88.7 cm³/mol. The van der Waals surface area contributed by atoms with Gasteiger partial charge in [0.15, 0.2) is 0 Å². The highest BCUT2D eigenvalue weighted by atomic mass is 19.4. The zero-order valence-electron chi connectivity index (χ0n) is 14.6. The summed E-state index contributed by atoms with van der Waals surface area (Å²) < 4.78 is 37.6. The predicted octanol–water partition coefficient (Wildman–Crippen LogP) is 2.17. The lowest BCUT2D eigenvalue weighted by atomic mass is 10.1. The molecule has 1 aromatic carbocycles. The number of hydrogen-bond donors (Lipinski definition) is 2. The number of benzene rings is 1. The second kappa shape index (κ2) is 9.41. The van der Waals surface area contributed by atoms with Gasteiger partial charge in [0, 0.05) is 13.1 Å². The van der Waals surface area contributed by atoms with Crippen molar-refractivity contribution in [2.45, 2.75) is 39.0 Å². The summed E-state index contributed by atoms with van der Waals surface area (Å²) in [6, 6.07) is 4.17. The number of likely N-dealkylation sites (N-methyl/N-ethyl adjacent to an activating group) is 1. The van der Waals surface area contributed by atoms with Gasteiger partial charge in [-0.05, 0) is 38.1 Å². The number of rotatable bonds is 8. The van der Waals surface area contributed by atoms with Crippen molar-refractivity contribution in [2.75, 3.05) is 20.1 Å². The van der Waals surface area contributed by atoms with Gasteiger partial charge in [0.25, 0.3) is 0 Å². The minimum absolute atomic E-state index is 0.0341. The van der Waals surface area contributed by atoms with E-state index in [1.807, 2.05) is 6.92 Å². The molecule has 0 aliphatic rings. The van der Waals surface area contributed by atoms with E-state index >= 15 is 0 Å². The van der Waals surface area contributed by atoms with Crippen molar-refractivity contribution in [3.05, 3.63) is 35.4 Å². The second-order valence-electron chi connectivity index (χ2n) is 5.95. The van der Waals surface area contributed by atoms with Crippen molar-refractivity contribution < 1.29 is 22.8 Å². The monoisotopic (exact) mass is 359 g/mol. The topological polar surface area (TPSA) is 61.4 Å². The zero-order chi connectivity index (χ0) is 19.0. The molecule has 0 fully saturated rings. The highest BCUT2D eigenvalue weighted by Crippen LogP contribution is 2.29. The fourth-order valence-corrected chi connectivity index (χ4v) is 2.17. The minimum Gasteiger partial charge on any atom is -0.354 e. The van der Waals surface area contributed by atoms with Crippen molar-refractivity contribution in [2.24, 2.45) is 0 Å². The van der Waals surface area contributed by atoms with E-state index in [1.165, 1.54) is 12.1 Å². The fraction of sp³-hybridized carbons (Fsp3) is 0.529. The van der Waals surface area contributed by atoms with Crippen molar-refractivity contribution in [1.29, 1.82) is 0 Å². The highest BCUT2D eigenvalue weighted by molar-refractivity contribution is 5.87. The van der Waals surface area contributed by atoms with Crippen LogP contribution in [0.25, 0.3) is 0 Å². The van der Waals surface area contributed by atoms with Crippen LogP contribution in [0, 0.1) is 0 Å². The number of amides is 2. The van der Waals surface area contributed by atoms with E-state index in [0.717, 1.165) is 18.6 Å². The molecule has 8 heteroatoms. The molecule has 0 aromatic heterocycles. The van der Waals surface area contributed by atoms with Gasteiger partial charge in [-0.15, -0.1) is 0 Å². The van der Waals surface area contributed by atoms with E-state index in [4.69, 9.17) is 0 Å². The number of halogens is 3. The molecule has 0 spiro atoms. The number of nitrogens with zero attached hydrogens (tertiary/aromatic N) is 1. The molecular weight excluding hydrogens is 335 g/mol. The van der Waals surface area contributed by atoms with E-state index < -0.39 is 17.8 Å². The maximum absolute atomic E-state index is 12.5. The van der Waals surface area contributed by atoms with Gasteiger partial charge >= 0.3 is 6.18 Å². The molecule has 0 heterocycles. The van der Waals surface area contributed by atoms with Crippen LogP contribution in [0.5, 0.6) is 0 Å². The molecule has 0 aliphatic carbocycles. The van der Waals surface area contributed by atoms with Crippen LogP contribution in [0.15, 0.2) is 24.3 Å². The van der Waals surface area contributed by atoms with Crippen LogP contribution in [0.1, 0.15) is 31.4 Å². The van der Waals surface area contributed by atoms with Crippen molar-refractivity contribution in [1.82, 2.24) is 15.5 Å². The largest absolute Gasteiger partial charge is 0.416 e. The summed E-state index contributed by atoms with van der Waals surface area (Å²) in [5.41, 5.74) is -0.0411. The van der Waals surface area contributed by atoms with Gasteiger partial charge in [-0.3, -0.25) is 14.5 Å². The van der Waals surface area contributed by atoms with Crippen molar-refractivity contribution >= 4 is 11.8 Å². The standard InChI is InChI=1S/C17H24F3N3O2/c1-4-9-21-16(25)12(2)22-15(24)11-23(3)10-13-5-7-14(8-6-13)17(18,19)20/h5-8,12H,4,9-11H2,1-3H3,(H,21,25)(H,22,24)/t12-/m0/s1. The Morgan fingerprint density at radius 1 is 1.20 bits per heavy atom. The van der Waals surface area contributed by atoms with Gasteiger partial charge in [-0.1, -0.05) is 19.1 Å². The van der Waals surface area contributed by atoms with E-state index in [-0.39, 0.29) is 18.4 Å². The molecule has 25 heavy (non-hydrogen) atoms. The molecule has 0 unspecified atom stereocenters. The normalized spacial score (nSPS) is 12.8. The number of carbonyl (C=O) groups is 2. The summed E-state index contributed by atoms with van der Waals surface area (Å²) in [7, 11) is 1.68. The van der Waals surface area contributed by atoms with Crippen LogP contribution >= 0.6 is 0 Å². The third-order valence-electron chi connectivity index (χ3n) is 3.47. The summed E-state index contributed by atoms with van der Waals surface area (Å²) in [6.45, 7) is 4.43. The zero-order valence-corrected chi connectivity index (χ0v) is 14.6. The third kappa shape index (κ3) is 7.55. The second-order valence-corrected chi connectivity index (χ2v) is 5.95. The fourth-order valence-electron chi connectivity index (χ4n) is 2.17. The number of hydrogen-bond acceptors (Lipinski definition) is 3. The number of nitrogens with one attached hydrogen (secondary N) is 2. The van der Waals surface area contributed by atoms with Gasteiger partial charge < -0.3 is 10.6 Å². The Morgan fingerprint density at radius 3 is 2.32 bits per heavy atom. The third-order valence-corrected chi connectivity index (χ3v) is 3.47. The Kier molecular flexibility index (Phi) is 7.89.